The van der Waals surface area contributed by atoms with Crippen molar-refractivity contribution in [1.29, 1.82) is 0 Å². The van der Waals surface area contributed by atoms with Gasteiger partial charge < -0.3 is 4.74 Å². The molecule has 0 bridgehead atoms. The molecule has 3 heteroatoms. The Morgan fingerprint density at radius 3 is 2.85 bits per heavy atom. The predicted molar refractivity (Wildman–Crippen MR) is 50.1 cm³/mol. The second-order valence-corrected chi connectivity index (χ2v) is 3.51. The molecule has 1 aromatic rings. The van der Waals surface area contributed by atoms with Gasteiger partial charge in [-0.3, -0.25) is 10.3 Å². The maximum atomic E-state index is 5.64. The van der Waals surface area contributed by atoms with Crippen LogP contribution in [0.2, 0.25) is 0 Å². The van der Waals surface area contributed by atoms with Gasteiger partial charge in [0.25, 0.3) is 0 Å². The third-order valence-corrected chi connectivity index (χ3v) is 2.21. The van der Waals surface area contributed by atoms with Crippen LogP contribution >= 0.6 is 0 Å². The van der Waals surface area contributed by atoms with Crippen molar-refractivity contribution < 1.29 is 4.74 Å². The normalized spacial score (nSPS) is 28.7. The fourth-order valence-corrected chi connectivity index (χ4v) is 1.44. The monoisotopic (exact) mass is 178 g/mol. The van der Waals surface area contributed by atoms with Crippen molar-refractivity contribution in [2.75, 3.05) is 13.2 Å². The van der Waals surface area contributed by atoms with Crippen LogP contribution in [-0.2, 0) is 4.74 Å². The average Bonchev–Trinajstić information content (AvgIpc) is 2.20. The molecule has 70 valence electrons. The summed E-state index contributed by atoms with van der Waals surface area (Å²) >= 11 is 0. The number of ether oxygens (including phenoxy) is 1. The van der Waals surface area contributed by atoms with Crippen molar-refractivity contribution in [3.8, 4) is 0 Å². The Morgan fingerprint density at radius 1 is 1.46 bits per heavy atom. The summed E-state index contributed by atoms with van der Waals surface area (Å²) in [5.74, 6) is 0.609. The van der Waals surface area contributed by atoms with Crippen LogP contribution in [0.1, 0.15) is 18.7 Å². The molecule has 3 nitrogen and oxygen atoms in total. The minimum Gasteiger partial charge on any atom is -0.359 e. The van der Waals surface area contributed by atoms with Crippen molar-refractivity contribution in [2.45, 2.75) is 13.2 Å². The van der Waals surface area contributed by atoms with E-state index >= 15 is 0 Å². The number of aromatic nitrogens is 1. The van der Waals surface area contributed by atoms with Crippen LogP contribution < -0.4 is 5.32 Å². The quantitative estimate of drug-likeness (QED) is 0.704. The predicted octanol–water partition coefficient (Wildman–Crippen LogP) is 1.34. The van der Waals surface area contributed by atoms with Gasteiger partial charge >= 0.3 is 0 Å². The van der Waals surface area contributed by atoms with Gasteiger partial charge in [0.2, 0.25) is 0 Å². The minimum atomic E-state index is 0.0548. The number of rotatable bonds is 1. The molecule has 13 heavy (non-hydrogen) atoms. The van der Waals surface area contributed by atoms with Crippen molar-refractivity contribution in [2.24, 2.45) is 5.92 Å². The zero-order valence-corrected chi connectivity index (χ0v) is 7.73. The molecule has 1 saturated heterocycles. The number of nitrogens with one attached hydrogen (secondary N) is 1. The molecule has 1 N–H and O–H groups in total. The molecule has 2 rings (SSSR count). The van der Waals surface area contributed by atoms with Gasteiger partial charge in [0.1, 0.15) is 6.23 Å². The van der Waals surface area contributed by atoms with E-state index in [0.29, 0.717) is 5.92 Å². The second kappa shape index (κ2) is 3.85. The highest BCUT2D eigenvalue weighted by atomic mass is 16.5. The largest absolute Gasteiger partial charge is 0.359 e. The van der Waals surface area contributed by atoms with Crippen LogP contribution in [0.4, 0.5) is 0 Å². The lowest BCUT2D eigenvalue weighted by Crippen LogP contribution is -2.36. The lowest BCUT2D eigenvalue weighted by atomic mass is 10.1. The molecular weight excluding hydrogens is 164 g/mol. The van der Waals surface area contributed by atoms with E-state index in [2.05, 4.69) is 17.2 Å². The molecule has 1 aromatic heterocycles. The van der Waals surface area contributed by atoms with Gasteiger partial charge in [0, 0.05) is 18.9 Å². The second-order valence-electron chi connectivity index (χ2n) is 3.51. The van der Waals surface area contributed by atoms with Crippen molar-refractivity contribution in [1.82, 2.24) is 10.3 Å². The van der Waals surface area contributed by atoms with Crippen LogP contribution in [0.25, 0.3) is 0 Å². The molecule has 2 unspecified atom stereocenters. The first-order valence-electron chi connectivity index (χ1n) is 4.61. The lowest BCUT2D eigenvalue weighted by Gasteiger charge is -2.28. The first kappa shape index (κ1) is 8.66. The van der Waals surface area contributed by atoms with Crippen molar-refractivity contribution in [3.05, 3.63) is 30.1 Å². The van der Waals surface area contributed by atoms with Gasteiger partial charge in [0.15, 0.2) is 0 Å². The molecule has 0 aromatic carbocycles. The lowest BCUT2D eigenvalue weighted by molar-refractivity contribution is -0.0254. The van der Waals surface area contributed by atoms with E-state index in [1.54, 1.807) is 12.4 Å². The Bertz CT molecular complexity index is 255. The topological polar surface area (TPSA) is 34.2 Å². The molecule has 0 amide bonds. The SMILES string of the molecule is CC1CNC(c2ccncc2)OC1. The molecule has 1 aliphatic heterocycles. The highest BCUT2D eigenvalue weighted by molar-refractivity contribution is 5.13. The summed E-state index contributed by atoms with van der Waals surface area (Å²) in [4.78, 5) is 3.97. The van der Waals surface area contributed by atoms with Crippen LogP contribution in [-0.4, -0.2) is 18.1 Å². The van der Waals surface area contributed by atoms with Gasteiger partial charge in [-0.1, -0.05) is 6.92 Å². The van der Waals surface area contributed by atoms with E-state index in [1.807, 2.05) is 12.1 Å². The Kier molecular flexibility index (Phi) is 2.57. The van der Waals surface area contributed by atoms with Crippen molar-refractivity contribution >= 4 is 0 Å². The summed E-state index contributed by atoms with van der Waals surface area (Å²) in [7, 11) is 0. The first-order valence-corrected chi connectivity index (χ1v) is 4.61. The Labute approximate surface area is 78.1 Å². The van der Waals surface area contributed by atoms with Crippen molar-refractivity contribution in [3.63, 3.8) is 0 Å². The molecule has 0 aliphatic carbocycles. The maximum Gasteiger partial charge on any atom is 0.134 e. The highest BCUT2D eigenvalue weighted by Crippen LogP contribution is 2.18. The Hall–Kier alpha value is -0.930. The van der Waals surface area contributed by atoms with E-state index in [9.17, 15) is 0 Å². The zero-order valence-electron chi connectivity index (χ0n) is 7.73. The molecule has 0 radical (unpaired) electrons. The van der Waals surface area contributed by atoms with E-state index in [0.717, 1.165) is 18.7 Å². The fourth-order valence-electron chi connectivity index (χ4n) is 1.44. The fraction of sp³-hybridized carbons (Fsp3) is 0.500. The van der Waals surface area contributed by atoms with Crippen LogP contribution in [0.5, 0.6) is 0 Å². The number of hydrogen-bond acceptors (Lipinski definition) is 3. The molecule has 1 fully saturated rings. The molecule has 0 spiro atoms. The summed E-state index contributed by atoms with van der Waals surface area (Å²) in [6.07, 6.45) is 3.63. The van der Waals surface area contributed by atoms with E-state index in [4.69, 9.17) is 4.74 Å². The van der Waals surface area contributed by atoms with Gasteiger partial charge in [-0.25, -0.2) is 0 Å². The third kappa shape index (κ3) is 2.05. The van der Waals surface area contributed by atoms with Crippen LogP contribution in [0.15, 0.2) is 24.5 Å². The minimum absolute atomic E-state index is 0.0548. The summed E-state index contributed by atoms with van der Waals surface area (Å²) in [5.41, 5.74) is 1.15. The van der Waals surface area contributed by atoms with E-state index in [1.165, 1.54) is 0 Å². The average molecular weight is 178 g/mol. The molecule has 0 saturated carbocycles. The molecular formula is C10H14N2O. The maximum absolute atomic E-state index is 5.64. The summed E-state index contributed by atoms with van der Waals surface area (Å²) < 4.78 is 5.64. The standard InChI is InChI=1S/C10H14N2O/c1-8-6-12-10(13-7-8)9-2-4-11-5-3-9/h2-5,8,10,12H,6-7H2,1H3. The van der Waals surface area contributed by atoms with Gasteiger partial charge in [-0.05, 0) is 23.6 Å². The van der Waals surface area contributed by atoms with Gasteiger partial charge in [0.05, 0.1) is 6.61 Å². The Morgan fingerprint density at radius 2 is 2.23 bits per heavy atom. The number of pyridine rings is 1. The molecule has 1 aliphatic rings. The van der Waals surface area contributed by atoms with Crippen LogP contribution in [0.3, 0.4) is 0 Å². The summed E-state index contributed by atoms with van der Waals surface area (Å²) in [5, 5.41) is 3.34. The molecule has 2 atom stereocenters. The number of nitrogens with zero attached hydrogens (tertiary/aromatic N) is 1. The van der Waals surface area contributed by atoms with E-state index in [-0.39, 0.29) is 6.23 Å². The van der Waals surface area contributed by atoms with Gasteiger partial charge in [-0.15, -0.1) is 0 Å². The van der Waals surface area contributed by atoms with Crippen LogP contribution in [0, 0.1) is 5.92 Å². The summed E-state index contributed by atoms with van der Waals surface area (Å²) in [6.45, 7) is 4.03. The van der Waals surface area contributed by atoms with Gasteiger partial charge in [-0.2, -0.15) is 0 Å². The number of hydrogen-bond donors (Lipinski definition) is 1. The van der Waals surface area contributed by atoms with E-state index < -0.39 is 0 Å². The summed E-state index contributed by atoms with van der Waals surface area (Å²) in [6, 6.07) is 3.96. The molecule has 2 heterocycles. The highest BCUT2D eigenvalue weighted by Gasteiger charge is 2.18. The Balaban J connectivity index is 2.03. The first-order chi connectivity index (χ1) is 6.36. The zero-order chi connectivity index (χ0) is 9.10. The smallest absolute Gasteiger partial charge is 0.134 e. The third-order valence-electron chi connectivity index (χ3n) is 2.21.